The highest BCUT2D eigenvalue weighted by molar-refractivity contribution is 5.50. The van der Waals surface area contributed by atoms with Crippen molar-refractivity contribution in [2.75, 3.05) is 46.9 Å². The van der Waals surface area contributed by atoms with Crippen molar-refractivity contribution < 1.29 is 9.47 Å². The molecular weight excluding hydrogens is 488 g/mol. The molecule has 1 fully saturated rings. The van der Waals surface area contributed by atoms with E-state index < -0.39 is 0 Å². The summed E-state index contributed by atoms with van der Waals surface area (Å²) >= 11 is 0. The Balaban J connectivity index is 1.44. The van der Waals surface area contributed by atoms with Crippen LogP contribution in [0.15, 0.2) is 72.8 Å². The van der Waals surface area contributed by atoms with Gasteiger partial charge in [-0.25, -0.2) is 0 Å². The molecule has 3 aromatic carbocycles. The van der Waals surface area contributed by atoms with Gasteiger partial charge in [-0.05, 0) is 58.7 Å². The summed E-state index contributed by atoms with van der Waals surface area (Å²) in [5, 5.41) is 13.2. The van der Waals surface area contributed by atoms with Crippen LogP contribution in [0.3, 0.4) is 0 Å². The van der Waals surface area contributed by atoms with Crippen LogP contribution < -0.4 is 9.47 Å². The van der Waals surface area contributed by atoms with Crippen molar-refractivity contribution >= 4 is 6.08 Å². The van der Waals surface area contributed by atoms with E-state index in [9.17, 15) is 0 Å². The predicted molar refractivity (Wildman–Crippen MR) is 154 cm³/mol. The highest BCUT2D eigenvalue weighted by Crippen LogP contribution is 2.36. The van der Waals surface area contributed by atoms with Gasteiger partial charge in [-0.3, -0.25) is 9.80 Å². The van der Waals surface area contributed by atoms with Gasteiger partial charge in [-0.15, -0.1) is 5.10 Å². The number of methoxy groups -OCH3 is 2. The Kier molecular flexibility index (Phi) is 8.34. The second-order valence-corrected chi connectivity index (χ2v) is 9.86. The first kappa shape index (κ1) is 26.6. The van der Waals surface area contributed by atoms with Crippen molar-refractivity contribution in [2.45, 2.75) is 19.9 Å². The lowest BCUT2D eigenvalue weighted by Gasteiger charge is -2.38. The lowest BCUT2D eigenvalue weighted by molar-refractivity contribution is 0.113. The number of aromatic nitrogens is 4. The Labute approximate surface area is 230 Å². The highest BCUT2D eigenvalue weighted by Gasteiger charge is 2.32. The van der Waals surface area contributed by atoms with Gasteiger partial charge in [-0.1, -0.05) is 66.7 Å². The van der Waals surface area contributed by atoms with Crippen molar-refractivity contribution in [3.05, 3.63) is 101 Å². The van der Waals surface area contributed by atoms with E-state index in [2.05, 4.69) is 99.9 Å². The topological polar surface area (TPSA) is 68.5 Å². The van der Waals surface area contributed by atoms with Gasteiger partial charge in [0.1, 0.15) is 0 Å². The fraction of sp³-hybridized carbons (Fsp3) is 0.323. The molecule has 1 unspecified atom stereocenters. The molecule has 8 nitrogen and oxygen atoms in total. The molecule has 202 valence electrons. The Morgan fingerprint density at radius 2 is 1.56 bits per heavy atom. The molecule has 1 aliphatic rings. The lowest BCUT2D eigenvalue weighted by atomic mass is 10.0. The second-order valence-electron chi connectivity index (χ2n) is 9.86. The molecular formula is C31H36N6O2. The van der Waals surface area contributed by atoms with E-state index in [4.69, 9.17) is 9.47 Å². The quantitative estimate of drug-likeness (QED) is 0.314. The monoisotopic (exact) mass is 524 g/mol. The van der Waals surface area contributed by atoms with Gasteiger partial charge in [0.2, 0.25) is 0 Å². The molecule has 39 heavy (non-hydrogen) atoms. The number of aryl methyl sites for hydroxylation is 2. The molecule has 0 amide bonds. The van der Waals surface area contributed by atoms with Crippen LogP contribution in [0.4, 0.5) is 0 Å². The van der Waals surface area contributed by atoms with Gasteiger partial charge in [0, 0.05) is 32.7 Å². The summed E-state index contributed by atoms with van der Waals surface area (Å²) in [6, 6.07) is 22.6. The van der Waals surface area contributed by atoms with E-state index in [1.807, 2.05) is 22.9 Å². The van der Waals surface area contributed by atoms with Gasteiger partial charge < -0.3 is 9.47 Å². The first-order valence-electron chi connectivity index (χ1n) is 13.3. The van der Waals surface area contributed by atoms with Crippen LogP contribution >= 0.6 is 0 Å². The van der Waals surface area contributed by atoms with E-state index in [-0.39, 0.29) is 6.04 Å². The number of rotatable bonds is 9. The van der Waals surface area contributed by atoms with Gasteiger partial charge in [0.25, 0.3) is 0 Å². The number of piperazine rings is 1. The van der Waals surface area contributed by atoms with E-state index >= 15 is 0 Å². The Hall–Kier alpha value is -4.01. The molecule has 8 heteroatoms. The van der Waals surface area contributed by atoms with Crippen LogP contribution in [0.25, 0.3) is 11.8 Å². The maximum Gasteiger partial charge on any atom is 0.178 e. The van der Waals surface area contributed by atoms with Crippen LogP contribution in [0, 0.1) is 13.8 Å². The maximum atomic E-state index is 5.66. The third-order valence-corrected chi connectivity index (χ3v) is 7.36. The van der Waals surface area contributed by atoms with Gasteiger partial charge in [-0.2, -0.15) is 4.68 Å². The Bertz CT molecular complexity index is 1390. The van der Waals surface area contributed by atoms with Crippen LogP contribution in [-0.4, -0.2) is 77.0 Å². The number of benzene rings is 3. The van der Waals surface area contributed by atoms with Crippen molar-refractivity contribution in [3.63, 3.8) is 0 Å². The number of nitrogens with zero attached hydrogens (tertiary/aromatic N) is 6. The summed E-state index contributed by atoms with van der Waals surface area (Å²) in [4.78, 5) is 4.95. The summed E-state index contributed by atoms with van der Waals surface area (Å²) < 4.78 is 13.1. The maximum absolute atomic E-state index is 5.66. The van der Waals surface area contributed by atoms with Gasteiger partial charge in [0.15, 0.2) is 17.3 Å². The Morgan fingerprint density at radius 1 is 0.846 bits per heavy atom. The van der Waals surface area contributed by atoms with E-state index in [1.54, 1.807) is 14.2 Å². The first-order chi connectivity index (χ1) is 19.1. The highest BCUT2D eigenvalue weighted by atomic mass is 16.5. The minimum absolute atomic E-state index is 0.152. The average Bonchev–Trinajstić information content (AvgIpc) is 3.43. The van der Waals surface area contributed by atoms with Crippen molar-refractivity contribution in [1.29, 1.82) is 0 Å². The molecule has 0 N–H and O–H groups in total. The van der Waals surface area contributed by atoms with Crippen LogP contribution in [0.2, 0.25) is 0 Å². The fourth-order valence-electron chi connectivity index (χ4n) is 5.32. The smallest absolute Gasteiger partial charge is 0.178 e. The molecule has 1 atom stereocenters. The number of para-hydroxylation sites is 1. The fourth-order valence-corrected chi connectivity index (χ4v) is 5.32. The molecule has 0 radical (unpaired) electrons. The van der Waals surface area contributed by atoms with Crippen LogP contribution in [0.1, 0.15) is 34.1 Å². The third-order valence-electron chi connectivity index (χ3n) is 7.36. The number of hydrogen-bond donors (Lipinski definition) is 0. The van der Waals surface area contributed by atoms with E-state index in [1.165, 1.54) is 5.56 Å². The summed E-state index contributed by atoms with van der Waals surface area (Å²) in [5.74, 6) is 2.18. The number of hydrogen-bond acceptors (Lipinski definition) is 7. The molecule has 2 heterocycles. The van der Waals surface area contributed by atoms with Crippen molar-refractivity contribution in [3.8, 4) is 17.2 Å². The molecule has 0 bridgehead atoms. The van der Waals surface area contributed by atoms with Crippen LogP contribution in [0.5, 0.6) is 11.5 Å². The summed E-state index contributed by atoms with van der Waals surface area (Å²) in [6.45, 7) is 8.79. The van der Waals surface area contributed by atoms with Crippen molar-refractivity contribution in [1.82, 2.24) is 30.0 Å². The molecule has 4 aromatic rings. The van der Waals surface area contributed by atoms with E-state index in [0.29, 0.717) is 11.5 Å². The molecule has 0 saturated carbocycles. The molecule has 1 aromatic heterocycles. The molecule has 0 spiro atoms. The summed E-state index contributed by atoms with van der Waals surface area (Å²) in [7, 11) is 3.32. The summed E-state index contributed by atoms with van der Waals surface area (Å²) in [5.41, 5.74) is 5.57. The minimum Gasteiger partial charge on any atom is -0.493 e. The molecule has 1 saturated heterocycles. The van der Waals surface area contributed by atoms with Gasteiger partial charge in [0.05, 0.1) is 25.9 Å². The third kappa shape index (κ3) is 5.87. The zero-order chi connectivity index (χ0) is 27.2. The van der Waals surface area contributed by atoms with Crippen LogP contribution in [-0.2, 0) is 0 Å². The lowest BCUT2D eigenvalue weighted by Crippen LogP contribution is -2.48. The SMILES string of the molecule is COc1ccc(C(c2nnnn2-c2c(C)cccc2C)N2CCN(C/C=C/c3ccccc3)CC2)cc1OC. The largest absolute Gasteiger partial charge is 0.493 e. The molecule has 5 rings (SSSR count). The molecule has 0 aliphatic carbocycles. The van der Waals surface area contributed by atoms with E-state index in [0.717, 1.165) is 60.9 Å². The number of tetrazole rings is 1. The number of ether oxygens (including phenoxy) is 2. The zero-order valence-corrected chi connectivity index (χ0v) is 23.1. The van der Waals surface area contributed by atoms with Crippen molar-refractivity contribution in [2.24, 2.45) is 0 Å². The first-order valence-corrected chi connectivity index (χ1v) is 13.3. The standard InChI is InChI=1S/C31H36N6O2/c1-23-10-8-11-24(2)29(23)37-31(32-33-34-37)30(26-15-16-27(38-3)28(22-26)39-4)36-20-18-35(19-21-36)17-9-14-25-12-6-5-7-13-25/h5-16,22,30H,17-21H2,1-4H3/b14-9+. The minimum atomic E-state index is -0.152. The predicted octanol–water partition coefficient (Wildman–Crippen LogP) is 4.72. The zero-order valence-electron chi connectivity index (χ0n) is 23.1. The normalized spacial score (nSPS) is 15.5. The summed E-state index contributed by atoms with van der Waals surface area (Å²) in [6.07, 6.45) is 4.44. The second kappa shape index (κ2) is 12.2. The Morgan fingerprint density at radius 3 is 2.26 bits per heavy atom. The van der Waals surface area contributed by atoms with Gasteiger partial charge >= 0.3 is 0 Å². The average molecular weight is 525 g/mol. The molecule has 1 aliphatic heterocycles.